The monoisotopic (exact) mass is 391 g/mol. The van der Waals surface area contributed by atoms with Gasteiger partial charge >= 0.3 is 0 Å². The minimum Gasteiger partial charge on any atom is -0.462 e. The lowest BCUT2D eigenvalue weighted by atomic mass is 10.1. The second-order valence-electron chi connectivity index (χ2n) is 5.71. The van der Waals surface area contributed by atoms with Gasteiger partial charge in [0.15, 0.2) is 10.8 Å². The standard InChI is InChI=1S/C17H17N3O4S2/c1-10(12-5-7-13(8-6-12)26(18,22)23)19-16(21)15-11(2)25-17(20-15)14-4-3-9-24-14/h3-10H,1-2H3,(H,19,21)(H2,18,22,23)/t10-/m0/s1. The third-order valence-electron chi connectivity index (χ3n) is 3.80. The lowest BCUT2D eigenvalue weighted by molar-refractivity contribution is 0.0935. The molecule has 7 nitrogen and oxygen atoms in total. The molecule has 3 N–H and O–H groups in total. The third kappa shape index (κ3) is 3.85. The predicted octanol–water partition coefficient (Wildman–Crippen LogP) is 2.85. The molecule has 2 aromatic heterocycles. The lowest BCUT2D eigenvalue weighted by Crippen LogP contribution is -2.27. The van der Waals surface area contributed by atoms with E-state index < -0.39 is 10.0 Å². The largest absolute Gasteiger partial charge is 0.462 e. The minimum atomic E-state index is -3.74. The second kappa shape index (κ2) is 7.02. The summed E-state index contributed by atoms with van der Waals surface area (Å²) in [6.45, 7) is 3.63. The van der Waals surface area contributed by atoms with Crippen molar-refractivity contribution >= 4 is 27.3 Å². The molecule has 0 aliphatic heterocycles. The van der Waals surface area contributed by atoms with E-state index >= 15 is 0 Å². The highest BCUT2D eigenvalue weighted by Crippen LogP contribution is 2.28. The predicted molar refractivity (Wildman–Crippen MR) is 98.2 cm³/mol. The van der Waals surface area contributed by atoms with Crippen molar-refractivity contribution in [2.45, 2.75) is 24.8 Å². The van der Waals surface area contributed by atoms with Gasteiger partial charge in [0.05, 0.1) is 17.2 Å². The van der Waals surface area contributed by atoms with Crippen molar-refractivity contribution < 1.29 is 17.6 Å². The Bertz CT molecular complexity index is 1020. The zero-order chi connectivity index (χ0) is 18.9. The van der Waals surface area contributed by atoms with E-state index in [9.17, 15) is 13.2 Å². The molecule has 0 saturated carbocycles. The molecule has 9 heteroatoms. The SMILES string of the molecule is Cc1sc(-c2ccco2)nc1C(=O)N[C@@H](C)c1ccc(S(N)(=O)=O)cc1. The Morgan fingerprint density at radius 2 is 1.96 bits per heavy atom. The number of hydrogen-bond donors (Lipinski definition) is 2. The van der Waals surface area contributed by atoms with Crippen LogP contribution in [0.4, 0.5) is 0 Å². The van der Waals surface area contributed by atoms with Crippen LogP contribution in [0.3, 0.4) is 0 Å². The summed E-state index contributed by atoms with van der Waals surface area (Å²) in [6.07, 6.45) is 1.55. The quantitative estimate of drug-likeness (QED) is 0.694. The zero-order valence-electron chi connectivity index (χ0n) is 14.1. The molecule has 136 valence electrons. The molecule has 1 atom stereocenters. The molecule has 0 aliphatic rings. The maximum absolute atomic E-state index is 12.5. The molecular weight excluding hydrogens is 374 g/mol. The van der Waals surface area contributed by atoms with Gasteiger partial charge in [-0.2, -0.15) is 0 Å². The van der Waals surface area contributed by atoms with Crippen LogP contribution in [0.2, 0.25) is 0 Å². The van der Waals surface area contributed by atoms with E-state index in [0.29, 0.717) is 16.5 Å². The molecule has 1 amide bonds. The van der Waals surface area contributed by atoms with Gasteiger partial charge in [0.2, 0.25) is 10.0 Å². The average molecular weight is 391 g/mol. The summed E-state index contributed by atoms with van der Waals surface area (Å²) in [6, 6.07) is 9.28. The molecule has 0 spiro atoms. The number of furan rings is 1. The molecule has 3 aromatic rings. The summed E-state index contributed by atoms with van der Waals surface area (Å²) in [4.78, 5) is 17.7. The molecule has 0 bridgehead atoms. The highest BCUT2D eigenvalue weighted by atomic mass is 32.2. The van der Waals surface area contributed by atoms with Gasteiger partial charge in [-0.05, 0) is 43.7 Å². The van der Waals surface area contributed by atoms with Gasteiger partial charge in [0.25, 0.3) is 5.91 Å². The minimum absolute atomic E-state index is 0.0261. The average Bonchev–Trinajstić information content (AvgIpc) is 3.23. The fourth-order valence-corrected chi connectivity index (χ4v) is 3.80. The van der Waals surface area contributed by atoms with Gasteiger partial charge in [0, 0.05) is 4.88 Å². The number of benzene rings is 1. The summed E-state index contributed by atoms with van der Waals surface area (Å²) in [5.74, 6) is 0.309. The first-order chi connectivity index (χ1) is 12.3. The number of carbonyl (C=O) groups is 1. The van der Waals surface area contributed by atoms with Crippen LogP contribution in [-0.4, -0.2) is 19.3 Å². The third-order valence-corrected chi connectivity index (χ3v) is 5.71. The van der Waals surface area contributed by atoms with Gasteiger partial charge in [-0.1, -0.05) is 12.1 Å². The number of rotatable bonds is 5. The number of amides is 1. The topological polar surface area (TPSA) is 115 Å². The van der Waals surface area contributed by atoms with Gasteiger partial charge in [-0.25, -0.2) is 18.5 Å². The van der Waals surface area contributed by atoms with Crippen LogP contribution >= 0.6 is 11.3 Å². The number of nitrogens with one attached hydrogen (secondary N) is 1. The Kier molecular flexibility index (Phi) is 4.94. The number of nitrogens with zero attached hydrogens (tertiary/aromatic N) is 1. The van der Waals surface area contributed by atoms with Crippen molar-refractivity contribution in [3.8, 4) is 10.8 Å². The summed E-state index contributed by atoms with van der Waals surface area (Å²) in [7, 11) is -3.74. The molecule has 0 fully saturated rings. The Labute approximate surface area is 154 Å². The molecule has 0 aliphatic carbocycles. The molecule has 0 unspecified atom stereocenters. The number of aromatic nitrogens is 1. The number of sulfonamides is 1. The first-order valence-corrected chi connectivity index (χ1v) is 10.1. The van der Waals surface area contributed by atoms with E-state index in [0.717, 1.165) is 10.4 Å². The summed E-state index contributed by atoms with van der Waals surface area (Å²) in [5, 5.41) is 8.59. The Balaban J connectivity index is 1.75. The van der Waals surface area contributed by atoms with Crippen molar-refractivity contribution in [3.05, 3.63) is 58.8 Å². The van der Waals surface area contributed by atoms with E-state index in [1.165, 1.54) is 23.5 Å². The molecule has 3 rings (SSSR count). The van der Waals surface area contributed by atoms with E-state index in [1.807, 2.05) is 6.92 Å². The number of primary sulfonamides is 1. The van der Waals surface area contributed by atoms with Gasteiger partial charge in [0.1, 0.15) is 5.69 Å². The van der Waals surface area contributed by atoms with Crippen molar-refractivity contribution in [2.75, 3.05) is 0 Å². The molecule has 0 radical (unpaired) electrons. The van der Waals surface area contributed by atoms with Crippen molar-refractivity contribution in [1.82, 2.24) is 10.3 Å². The van der Waals surface area contributed by atoms with Crippen LogP contribution in [0, 0.1) is 6.92 Å². The number of aryl methyl sites for hydroxylation is 1. The highest BCUT2D eigenvalue weighted by Gasteiger charge is 2.20. The lowest BCUT2D eigenvalue weighted by Gasteiger charge is -2.14. The maximum atomic E-state index is 12.5. The summed E-state index contributed by atoms with van der Waals surface area (Å²) >= 11 is 1.38. The number of carbonyl (C=O) groups excluding carboxylic acids is 1. The first kappa shape index (κ1) is 18.3. The Morgan fingerprint density at radius 1 is 1.27 bits per heavy atom. The number of thiazole rings is 1. The van der Waals surface area contributed by atoms with Crippen LogP contribution in [0.15, 0.2) is 52.0 Å². The fourth-order valence-electron chi connectivity index (χ4n) is 2.41. The van der Waals surface area contributed by atoms with E-state index in [2.05, 4.69) is 10.3 Å². The number of hydrogen-bond acceptors (Lipinski definition) is 6. The van der Waals surface area contributed by atoms with Crippen LogP contribution in [0.1, 0.15) is 33.9 Å². The number of nitrogens with two attached hydrogens (primary N) is 1. The summed E-state index contributed by atoms with van der Waals surface area (Å²) < 4.78 is 27.9. The molecular formula is C17H17N3O4S2. The van der Waals surface area contributed by atoms with Crippen molar-refractivity contribution in [3.63, 3.8) is 0 Å². The molecule has 1 aromatic carbocycles. The second-order valence-corrected chi connectivity index (χ2v) is 8.47. The van der Waals surface area contributed by atoms with Crippen LogP contribution in [0.25, 0.3) is 10.8 Å². The van der Waals surface area contributed by atoms with Gasteiger partial charge < -0.3 is 9.73 Å². The van der Waals surface area contributed by atoms with Gasteiger partial charge in [-0.3, -0.25) is 4.79 Å². The molecule has 26 heavy (non-hydrogen) atoms. The van der Waals surface area contributed by atoms with E-state index in [-0.39, 0.29) is 16.8 Å². The molecule has 0 saturated heterocycles. The fraction of sp³-hybridized carbons (Fsp3) is 0.176. The van der Waals surface area contributed by atoms with Crippen LogP contribution in [0.5, 0.6) is 0 Å². The van der Waals surface area contributed by atoms with Crippen LogP contribution < -0.4 is 10.5 Å². The maximum Gasteiger partial charge on any atom is 0.271 e. The van der Waals surface area contributed by atoms with Crippen LogP contribution in [-0.2, 0) is 10.0 Å². The van der Waals surface area contributed by atoms with Crippen molar-refractivity contribution in [2.24, 2.45) is 5.14 Å². The van der Waals surface area contributed by atoms with Crippen molar-refractivity contribution in [1.29, 1.82) is 0 Å². The van der Waals surface area contributed by atoms with E-state index in [4.69, 9.17) is 9.56 Å². The molecule has 2 heterocycles. The Hall–Kier alpha value is -2.49. The zero-order valence-corrected chi connectivity index (χ0v) is 15.7. The summed E-state index contributed by atoms with van der Waals surface area (Å²) in [5.41, 5.74) is 1.10. The smallest absolute Gasteiger partial charge is 0.271 e. The first-order valence-electron chi connectivity index (χ1n) is 7.70. The Morgan fingerprint density at radius 3 is 2.54 bits per heavy atom. The van der Waals surface area contributed by atoms with Gasteiger partial charge in [-0.15, -0.1) is 11.3 Å². The normalized spacial score (nSPS) is 12.7. The highest BCUT2D eigenvalue weighted by molar-refractivity contribution is 7.89. The van der Waals surface area contributed by atoms with E-state index in [1.54, 1.807) is 37.5 Å².